The summed E-state index contributed by atoms with van der Waals surface area (Å²) in [6, 6.07) is 11.1. The van der Waals surface area contributed by atoms with Crippen LogP contribution in [0.5, 0.6) is 0 Å². The van der Waals surface area contributed by atoms with Crippen LogP contribution in [0.4, 0.5) is 5.82 Å². The summed E-state index contributed by atoms with van der Waals surface area (Å²) in [5, 5.41) is 1.04. The summed E-state index contributed by atoms with van der Waals surface area (Å²) in [5.74, 6) is 0.509. The standard InChI is InChI=1S/C19H22Cl2N4O/c1-13(17(22)14-5-3-2-4-6-14)19(26)25-9-7-24(8-10-25)18-16(21)11-15(20)12-23-18/h2-6,11-13,17H,7-10,22H2,1H3. The molecule has 0 radical (unpaired) electrons. The smallest absolute Gasteiger partial charge is 0.227 e. The topological polar surface area (TPSA) is 62.5 Å². The molecule has 5 nitrogen and oxygen atoms in total. The number of rotatable bonds is 4. The summed E-state index contributed by atoms with van der Waals surface area (Å²) < 4.78 is 0. The first-order chi connectivity index (χ1) is 12.5. The van der Waals surface area contributed by atoms with Crippen molar-refractivity contribution in [3.05, 3.63) is 58.2 Å². The van der Waals surface area contributed by atoms with Gasteiger partial charge in [-0.2, -0.15) is 0 Å². The number of benzene rings is 1. The fraction of sp³-hybridized carbons (Fsp3) is 0.368. The first-order valence-corrected chi connectivity index (χ1v) is 9.38. The number of anilines is 1. The van der Waals surface area contributed by atoms with Crippen LogP contribution < -0.4 is 10.6 Å². The molecule has 7 heteroatoms. The molecule has 138 valence electrons. The second-order valence-electron chi connectivity index (χ2n) is 6.50. The molecule has 1 aromatic carbocycles. The van der Waals surface area contributed by atoms with Crippen LogP contribution in [0.1, 0.15) is 18.5 Å². The third-order valence-electron chi connectivity index (χ3n) is 4.79. The average Bonchev–Trinajstić information content (AvgIpc) is 2.67. The van der Waals surface area contributed by atoms with E-state index >= 15 is 0 Å². The summed E-state index contributed by atoms with van der Waals surface area (Å²) in [4.78, 5) is 21.1. The molecule has 2 N–H and O–H groups in total. The Morgan fingerprint density at radius 3 is 2.42 bits per heavy atom. The number of hydrogen-bond acceptors (Lipinski definition) is 4. The molecule has 0 spiro atoms. The van der Waals surface area contributed by atoms with E-state index < -0.39 is 0 Å². The highest BCUT2D eigenvalue weighted by Crippen LogP contribution is 2.27. The van der Waals surface area contributed by atoms with Gasteiger partial charge in [0.1, 0.15) is 5.82 Å². The molecular formula is C19H22Cl2N4O. The second-order valence-corrected chi connectivity index (χ2v) is 7.34. The van der Waals surface area contributed by atoms with Crippen molar-refractivity contribution in [1.29, 1.82) is 0 Å². The maximum Gasteiger partial charge on any atom is 0.227 e. The van der Waals surface area contributed by atoms with Crippen molar-refractivity contribution in [2.45, 2.75) is 13.0 Å². The van der Waals surface area contributed by atoms with E-state index in [1.807, 2.05) is 42.2 Å². The molecule has 2 aromatic rings. The van der Waals surface area contributed by atoms with Crippen LogP contribution in [0.25, 0.3) is 0 Å². The fourth-order valence-electron chi connectivity index (χ4n) is 3.18. The summed E-state index contributed by atoms with van der Waals surface area (Å²) in [6.45, 7) is 4.47. The molecule has 1 aliphatic rings. The van der Waals surface area contributed by atoms with E-state index in [2.05, 4.69) is 9.88 Å². The zero-order valence-corrected chi connectivity index (χ0v) is 16.1. The van der Waals surface area contributed by atoms with Crippen LogP contribution in [-0.2, 0) is 4.79 Å². The summed E-state index contributed by atoms with van der Waals surface area (Å²) in [7, 11) is 0. The van der Waals surface area contributed by atoms with Crippen LogP contribution in [0, 0.1) is 5.92 Å². The van der Waals surface area contributed by atoms with Crippen LogP contribution in [0.2, 0.25) is 10.0 Å². The first-order valence-electron chi connectivity index (χ1n) is 8.62. The van der Waals surface area contributed by atoms with Crippen molar-refractivity contribution >= 4 is 34.9 Å². The largest absolute Gasteiger partial charge is 0.352 e. The van der Waals surface area contributed by atoms with Gasteiger partial charge in [0.05, 0.1) is 16.0 Å². The third kappa shape index (κ3) is 4.11. The molecule has 1 aliphatic heterocycles. The monoisotopic (exact) mass is 392 g/mol. The average molecular weight is 393 g/mol. The van der Waals surface area contributed by atoms with E-state index in [1.165, 1.54) is 0 Å². The van der Waals surface area contributed by atoms with Crippen molar-refractivity contribution in [2.75, 3.05) is 31.1 Å². The lowest BCUT2D eigenvalue weighted by atomic mass is 9.94. The Labute approximate surface area is 163 Å². The van der Waals surface area contributed by atoms with E-state index in [0.29, 0.717) is 42.0 Å². The van der Waals surface area contributed by atoms with Crippen molar-refractivity contribution in [2.24, 2.45) is 11.7 Å². The molecule has 0 aliphatic carbocycles. The number of amides is 1. The van der Waals surface area contributed by atoms with Crippen molar-refractivity contribution in [1.82, 2.24) is 9.88 Å². The predicted octanol–water partition coefficient (Wildman–Crippen LogP) is 3.37. The second kappa shape index (κ2) is 8.25. The van der Waals surface area contributed by atoms with E-state index in [0.717, 1.165) is 5.56 Å². The van der Waals surface area contributed by atoms with Gasteiger partial charge in [-0.15, -0.1) is 0 Å². The lowest BCUT2D eigenvalue weighted by molar-refractivity contribution is -0.136. The normalized spacial score (nSPS) is 17.1. The van der Waals surface area contributed by atoms with Gasteiger partial charge in [-0.25, -0.2) is 4.98 Å². The molecule has 0 bridgehead atoms. The van der Waals surface area contributed by atoms with Gasteiger partial charge in [0, 0.05) is 38.4 Å². The minimum atomic E-state index is -0.311. The minimum Gasteiger partial charge on any atom is -0.352 e. The maximum atomic E-state index is 12.8. The number of nitrogens with two attached hydrogens (primary N) is 1. The van der Waals surface area contributed by atoms with Gasteiger partial charge < -0.3 is 15.5 Å². The van der Waals surface area contributed by atoms with E-state index in [1.54, 1.807) is 12.3 Å². The molecule has 2 unspecified atom stereocenters. The highest BCUT2D eigenvalue weighted by Gasteiger charge is 2.29. The van der Waals surface area contributed by atoms with Crippen molar-refractivity contribution < 1.29 is 4.79 Å². The van der Waals surface area contributed by atoms with Gasteiger partial charge in [0.15, 0.2) is 0 Å². The molecule has 0 saturated carbocycles. The minimum absolute atomic E-state index is 0.0798. The zero-order valence-electron chi connectivity index (χ0n) is 14.6. The lowest BCUT2D eigenvalue weighted by Crippen LogP contribution is -2.51. The summed E-state index contributed by atoms with van der Waals surface area (Å²) in [6.07, 6.45) is 1.58. The number of halogens is 2. The van der Waals surface area contributed by atoms with Crippen LogP contribution in [0.15, 0.2) is 42.6 Å². The molecule has 2 heterocycles. The molecule has 1 fully saturated rings. The number of pyridine rings is 1. The van der Waals surface area contributed by atoms with Gasteiger partial charge in [0.25, 0.3) is 0 Å². The number of carbonyl (C=O) groups excluding carboxylic acids is 1. The van der Waals surface area contributed by atoms with Crippen LogP contribution in [0.3, 0.4) is 0 Å². The lowest BCUT2D eigenvalue weighted by Gasteiger charge is -2.37. The number of carbonyl (C=O) groups is 1. The Morgan fingerprint density at radius 1 is 1.15 bits per heavy atom. The third-order valence-corrected chi connectivity index (χ3v) is 5.28. The number of nitrogens with zero attached hydrogens (tertiary/aromatic N) is 3. The number of aromatic nitrogens is 1. The molecule has 26 heavy (non-hydrogen) atoms. The summed E-state index contributed by atoms with van der Waals surface area (Å²) in [5.41, 5.74) is 7.28. The zero-order chi connectivity index (χ0) is 18.7. The Morgan fingerprint density at radius 2 is 1.81 bits per heavy atom. The Bertz CT molecular complexity index is 763. The first kappa shape index (κ1) is 19.0. The number of piperazine rings is 1. The highest BCUT2D eigenvalue weighted by molar-refractivity contribution is 6.36. The SMILES string of the molecule is CC(C(=O)N1CCN(c2ncc(Cl)cc2Cl)CC1)C(N)c1ccccc1. The van der Waals surface area contributed by atoms with E-state index in [4.69, 9.17) is 28.9 Å². The Balaban J connectivity index is 1.61. The molecule has 1 amide bonds. The molecule has 2 atom stereocenters. The predicted molar refractivity (Wildman–Crippen MR) is 106 cm³/mol. The maximum absolute atomic E-state index is 12.8. The van der Waals surface area contributed by atoms with E-state index in [-0.39, 0.29) is 17.9 Å². The molecule has 1 saturated heterocycles. The number of hydrogen-bond donors (Lipinski definition) is 1. The Kier molecular flexibility index (Phi) is 6.01. The van der Waals surface area contributed by atoms with Gasteiger partial charge in [-0.05, 0) is 11.6 Å². The van der Waals surface area contributed by atoms with Gasteiger partial charge in [-0.1, -0.05) is 60.5 Å². The molecule has 1 aromatic heterocycles. The molecular weight excluding hydrogens is 371 g/mol. The molecule has 3 rings (SSSR count). The highest BCUT2D eigenvalue weighted by atomic mass is 35.5. The van der Waals surface area contributed by atoms with Crippen LogP contribution in [-0.4, -0.2) is 42.0 Å². The quantitative estimate of drug-likeness (QED) is 0.865. The Hall–Kier alpha value is -1.82. The van der Waals surface area contributed by atoms with E-state index in [9.17, 15) is 4.79 Å². The van der Waals surface area contributed by atoms with Crippen molar-refractivity contribution in [3.8, 4) is 0 Å². The fourth-order valence-corrected chi connectivity index (χ4v) is 3.68. The van der Waals surface area contributed by atoms with Crippen LogP contribution >= 0.6 is 23.2 Å². The van der Waals surface area contributed by atoms with Crippen molar-refractivity contribution in [3.63, 3.8) is 0 Å². The van der Waals surface area contributed by atoms with Gasteiger partial charge in [0.2, 0.25) is 5.91 Å². The van der Waals surface area contributed by atoms with Gasteiger partial charge in [-0.3, -0.25) is 4.79 Å². The van der Waals surface area contributed by atoms with Gasteiger partial charge >= 0.3 is 0 Å². The summed E-state index contributed by atoms with van der Waals surface area (Å²) >= 11 is 12.1.